The fraction of sp³-hybridized carbons (Fsp3) is 0.389. The molecule has 25 heavy (non-hydrogen) atoms. The molecule has 136 valence electrons. The predicted molar refractivity (Wildman–Crippen MR) is 87.4 cm³/mol. The third-order valence-corrected chi connectivity index (χ3v) is 3.90. The number of carbonyl (C=O) groups is 1. The summed E-state index contributed by atoms with van der Waals surface area (Å²) in [6, 6.07) is 3.87. The molecule has 0 fully saturated rings. The number of nitrogens with zero attached hydrogens (tertiary/aromatic N) is 1. The maximum atomic E-state index is 13.5. The minimum absolute atomic E-state index is 0.0194. The lowest BCUT2D eigenvalue weighted by Gasteiger charge is -2.16. The molecule has 1 aromatic carbocycles. The van der Waals surface area contributed by atoms with Crippen LogP contribution in [0.15, 0.2) is 24.4 Å². The van der Waals surface area contributed by atoms with E-state index in [2.05, 4.69) is 0 Å². The second kappa shape index (κ2) is 7.31. The molecule has 1 heterocycles. The Labute approximate surface area is 143 Å². The number of aromatic nitrogens is 1. The number of esters is 1. The standard InChI is InChI=1S/C18H20F3NO3/c1-4-25-17(24)14-10-22(7-8-23)16(12(14)3)13-9-11(2)5-6-15(13)18(19,20)21/h5-6,9-10,23H,4,7-8H2,1-3H3. The van der Waals surface area contributed by atoms with Gasteiger partial charge in [0.1, 0.15) is 0 Å². The third kappa shape index (κ3) is 3.87. The van der Waals surface area contributed by atoms with E-state index in [1.807, 2.05) is 0 Å². The second-order valence-electron chi connectivity index (χ2n) is 5.70. The SMILES string of the molecule is CCOC(=O)c1cn(CCO)c(-c2cc(C)ccc2C(F)(F)F)c1C. The fourth-order valence-corrected chi connectivity index (χ4v) is 2.82. The van der Waals surface area contributed by atoms with Gasteiger partial charge in [-0.05, 0) is 38.5 Å². The number of aliphatic hydroxyl groups is 1. The van der Waals surface area contributed by atoms with Crippen LogP contribution in [-0.4, -0.2) is 28.9 Å². The van der Waals surface area contributed by atoms with Gasteiger partial charge in [-0.25, -0.2) is 4.79 Å². The maximum absolute atomic E-state index is 13.5. The first-order valence-electron chi connectivity index (χ1n) is 7.86. The zero-order valence-corrected chi connectivity index (χ0v) is 14.3. The Morgan fingerprint density at radius 3 is 2.52 bits per heavy atom. The number of halogens is 3. The fourth-order valence-electron chi connectivity index (χ4n) is 2.82. The molecule has 2 aromatic rings. The third-order valence-electron chi connectivity index (χ3n) is 3.90. The van der Waals surface area contributed by atoms with E-state index in [4.69, 9.17) is 4.74 Å². The van der Waals surface area contributed by atoms with Gasteiger partial charge in [-0.15, -0.1) is 0 Å². The van der Waals surface area contributed by atoms with Crippen LogP contribution in [0, 0.1) is 13.8 Å². The molecular weight excluding hydrogens is 335 g/mol. The molecule has 0 amide bonds. The lowest BCUT2D eigenvalue weighted by Crippen LogP contribution is -2.10. The average molecular weight is 355 g/mol. The van der Waals surface area contributed by atoms with Crippen molar-refractivity contribution in [2.24, 2.45) is 0 Å². The van der Waals surface area contributed by atoms with Crippen molar-refractivity contribution in [3.63, 3.8) is 0 Å². The average Bonchev–Trinajstić information content (AvgIpc) is 2.83. The number of benzene rings is 1. The first-order chi connectivity index (χ1) is 11.7. The minimum Gasteiger partial charge on any atom is -0.462 e. The largest absolute Gasteiger partial charge is 0.462 e. The number of aryl methyl sites for hydroxylation is 1. The highest BCUT2D eigenvalue weighted by atomic mass is 19.4. The minimum atomic E-state index is -4.53. The van der Waals surface area contributed by atoms with Crippen LogP contribution in [0.5, 0.6) is 0 Å². The summed E-state index contributed by atoms with van der Waals surface area (Å²) >= 11 is 0. The van der Waals surface area contributed by atoms with Gasteiger partial charge >= 0.3 is 12.1 Å². The van der Waals surface area contributed by atoms with E-state index >= 15 is 0 Å². The van der Waals surface area contributed by atoms with Crippen molar-refractivity contribution in [3.05, 3.63) is 46.6 Å². The summed E-state index contributed by atoms with van der Waals surface area (Å²) in [5.74, 6) is -0.598. The molecule has 0 unspecified atom stereocenters. The molecule has 0 saturated carbocycles. The highest BCUT2D eigenvalue weighted by Gasteiger charge is 2.35. The zero-order valence-electron chi connectivity index (χ0n) is 14.3. The zero-order chi connectivity index (χ0) is 18.8. The van der Waals surface area contributed by atoms with Crippen LogP contribution in [0.25, 0.3) is 11.3 Å². The Morgan fingerprint density at radius 2 is 1.96 bits per heavy atom. The maximum Gasteiger partial charge on any atom is 0.417 e. The number of ether oxygens (including phenoxy) is 1. The van der Waals surface area contributed by atoms with Gasteiger partial charge in [-0.3, -0.25) is 0 Å². The van der Waals surface area contributed by atoms with Crippen LogP contribution in [0.2, 0.25) is 0 Å². The van der Waals surface area contributed by atoms with Crippen molar-refractivity contribution >= 4 is 5.97 Å². The van der Waals surface area contributed by atoms with Gasteiger partial charge in [0.2, 0.25) is 0 Å². The van der Waals surface area contributed by atoms with Crippen molar-refractivity contribution in [1.29, 1.82) is 0 Å². The lowest BCUT2D eigenvalue weighted by atomic mass is 9.98. The highest BCUT2D eigenvalue weighted by Crippen LogP contribution is 2.40. The number of hydrogen-bond acceptors (Lipinski definition) is 3. The summed E-state index contributed by atoms with van der Waals surface area (Å²) in [6.45, 7) is 4.90. The molecular formula is C18H20F3NO3. The van der Waals surface area contributed by atoms with Crippen molar-refractivity contribution in [2.45, 2.75) is 33.5 Å². The monoisotopic (exact) mass is 355 g/mol. The first-order valence-corrected chi connectivity index (χ1v) is 7.86. The Bertz CT molecular complexity index is 779. The van der Waals surface area contributed by atoms with E-state index < -0.39 is 17.7 Å². The quantitative estimate of drug-likeness (QED) is 0.826. The van der Waals surface area contributed by atoms with Gasteiger partial charge in [0.15, 0.2) is 0 Å². The van der Waals surface area contributed by atoms with Crippen LogP contribution in [0.4, 0.5) is 13.2 Å². The molecule has 0 radical (unpaired) electrons. The normalized spacial score (nSPS) is 11.6. The lowest BCUT2D eigenvalue weighted by molar-refractivity contribution is -0.137. The van der Waals surface area contributed by atoms with Crippen molar-refractivity contribution in [3.8, 4) is 11.3 Å². The van der Waals surface area contributed by atoms with E-state index in [1.54, 1.807) is 20.8 Å². The van der Waals surface area contributed by atoms with Gasteiger partial charge in [0, 0.05) is 18.3 Å². The number of aliphatic hydroxyl groups excluding tert-OH is 1. The Balaban J connectivity index is 2.74. The van der Waals surface area contributed by atoms with Crippen LogP contribution >= 0.6 is 0 Å². The summed E-state index contributed by atoms with van der Waals surface area (Å²) in [6.07, 6.45) is -3.10. The van der Waals surface area contributed by atoms with Crippen LogP contribution in [-0.2, 0) is 17.5 Å². The van der Waals surface area contributed by atoms with Gasteiger partial charge in [0.05, 0.1) is 30.0 Å². The van der Waals surface area contributed by atoms with E-state index in [1.165, 1.54) is 22.9 Å². The van der Waals surface area contributed by atoms with Crippen LogP contribution in [0.1, 0.15) is 34.0 Å². The number of alkyl halides is 3. The first kappa shape index (κ1) is 19.1. The van der Waals surface area contributed by atoms with Gasteiger partial charge in [-0.2, -0.15) is 13.2 Å². The molecule has 0 bridgehead atoms. The molecule has 0 saturated heterocycles. The van der Waals surface area contributed by atoms with Gasteiger partial charge in [-0.1, -0.05) is 11.6 Å². The van der Waals surface area contributed by atoms with Crippen molar-refractivity contribution in [1.82, 2.24) is 4.57 Å². The Hall–Kier alpha value is -2.28. The summed E-state index contributed by atoms with van der Waals surface area (Å²) in [5, 5.41) is 9.26. The Kier molecular flexibility index (Phi) is 5.57. The second-order valence-corrected chi connectivity index (χ2v) is 5.70. The van der Waals surface area contributed by atoms with E-state index in [9.17, 15) is 23.1 Å². The number of rotatable bonds is 5. The molecule has 1 aromatic heterocycles. The van der Waals surface area contributed by atoms with E-state index in [0.717, 1.165) is 6.07 Å². The van der Waals surface area contributed by atoms with Gasteiger partial charge < -0.3 is 14.4 Å². The van der Waals surface area contributed by atoms with Crippen LogP contribution in [0.3, 0.4) is 0 Å². The molecule has 0 aliphatic heterocycles. The van der Waals surface area contributed by atoms with Gasteiger partial charge in [0.25, 0.3) is 0 Å². The summed E-state index contributed by atoms with van der Waals surface area (Å²) < 4.78 is 46.8. The van der Waals surface area contributed by atoms with E-state index in [0.29, 0.717) is 11.1 Å². The molecule has 0 aliphatic rings. The molecule has 4 nitrogen and oxygen atoms in total. The summed E-state index contributed by atoms with van der Waals surface area (Å²) in [5.41, 5.74) is 0.704. The molecule has 7 heteroatoms. The van der Waals surface area contributed by atoms with Crippen molar-refractivity contribution < 1.29 is 27.8 Å². The van der Waals surface area contributed by atoms with Crippen LogP contribution < -0.4 is 0 Å². The molecule has 2 rings (SSSR count). The molecule has 0 spiro atoms. The molecule has 0 atom stereocenters. The summed E-state index contributed by atoms with van der Waals surface area (Å²) in [4.78, 5) is 12.1. The number of carbonyl (C=O) groups excluding carboxylic acids is 1. The van der Waals surface area contributed by atoms with Crippen molar-refractivity contribution in [2.75, 3.05) is 13.2 Å². The highest BCUT2D eigenvalue weighted by molar-refractivity contribution is 5.93. The number of hydrogen-bond donors (Lipinski definition) is 1. The molecule has 0 aliphatic carbocycles. The topological polar surface area (TPSA) is 51.5 Å². The smallest absolute Gasteiger partial charge is 0.417 e. The summed E-state index contributed by atoms with van der Waals surface area (Å²) in [7, 11) is 0. The predicted octanol–water partition coefficient (Wildman–Crippen LogP) is 3.96. The van der Waals surface area contributed by atoms with E-state index in [-0.39, 0.29) is 36.6 Å². The molecule has 1 N–H and O–H groups in total. The Morgan fingerprint density at radius 1 is 1.28 bits per heavy atom.